The fourth-order valence-electron chi connectivity index (χ4n) is 4.76. The van der Waals surface area contributed by atoms with Crippen molar-refractivity contribution >= 4 is 23.9 Å². The summed E-state index contributed by atoms with van der Waals surface area (Å²) in [7, 11) is 0. The van der Waals surface area contributed by atoms with Crippen molar-refractivity contribution in [2.75, 3.05) is 26.2 Å². The number of likely N-dealkylation sites (tertiary alicyclic amines) is 1. The van der Waals surface area contributed by atoms with Crippen molar-refractivity contribution in [3.05, 3.63) is 59.7 Å². The van der Waals surface area contributed by atoms with Crippen molar-refractivity contribution in [1.82, 2.24) is 15.5 Å². The molecular weight excluding hydrogens is 438 g/mol. The van der Waals surface area contributed by atoms with Crippen LogP contribution >= 0.6 is 0 Å². The van der Waals surface area contributed by atoms with Crippen LogP contribution in [0.25, 0.3) is 11.1 Å². The lowest BCUT2D eigenvalue weighted by atomic mass is 9.98. The van der Waals surface area contributed by atoms with Crippen molar-refractivity contribution < 1.29 is 29.0 Å². The van der Waals surface area contributed by atoms with Crippen LogP contribution in [0.15, 0.2) is 48.5 Å². The van der Waals surface area contributed by atoms with Crippen LogP contribution in [0.2, 0.25) is 0 Å². The zero-order valence-corrected chi connectivity index (χ0v) is 18.8. The van der Waals surface area contributed by atoms with Gasteiger partial charge in [-0.3, -0.25) is 14.4 Å². The van der Waals surface area contributed by atoms with Crippen LogP contribution in [0.1, 0.15) is 30.4 Å². The van der Waals surface area contributed by atoms with Gasteiger partial charge in [0.25, 0.3) is 0 Å². The second-order valence-corrected chi connectivity index (χ2v) is 8.52. The van der Waals surface area contributed by atoms with E-state index in [-0.39, 0.29) is 31.5 Å². The summed E-state index contributed by atoms with van der Waals surface area (Å²) in [5.74, 6) is -2.51. The van der Waals surface area contributed by atoms with Gasteiger partial charge >= 0.3 is 12.1 Å². The Bertz CT molecular complexity index is 1070. The molecule has 1 heterocycles. The Hall–Kier alpha value is -3.88. The average Bonchev–Trinajstić information content (AvgIpc) is 3.38. The van der Waals surface area contributed by atoms with E-state index in [0.29, 0.717) is 13.0 Å². The summed E-state index contributed by atoms with van der Waals surface area (Å²) in [5, 5.41) is 14.0. The molecule has 0 radical (unpaired) electrons. The van der Waals surface area contributed by atoms with E-state index in [1.54, 1.807) is 6.92 Å². The number of nitrogens with one attached hydrogen (secondary N) is 2. The first-order valence-electron chi connectivity index (χ1n) is 11.2. The Kier molecular flexibility index (Phi) is 6.81. The first kappa shape index (κ1) is 23.3. The summed E-state index contributed by atoms with van der Waals surface area (Å²) in [4.78, 5) is 49.2. The lowest BCUT2D eigenvalue weighted by Crippen LogP contribution is -2.45. The van der Waals surface area contributed by atoms with Gasteiger partial charge in [-0.1, -0.05) is 48.5 Å². The smallest absolute Gasteiger partial charge is 0.407 e. The van der Waals surface area contributed by atoms with Crippen LogP contribution in [0.4, 0.5) is 4.79 Å². The molecule has 0 spiro atoms. The normalized spacial score (nSPS) is 18.7. The highest BCUT2D eigenvalue weighted by molar-refractivity contribution is 5.88. The number of hydrogen-bond donors (Lipinski definition) is 3. The molecule has 4 rings (SSSR count). The van der Waals surface area contributed by atoms with Gasteiger partial charge in [0.05, 0.1) is 12.5 Å². The van der Waals surface area contributed by atoms with E-state index < -0.39 is 29.9 Å². The molecule has 9 heteroatoms. The Morgan fingerprint density at radius 2 is 1.59 bits per heavy atom. The Morgan fingerprint density at radius 3 is 2.18 bits per heavy atom. The standard InChI is InChI=1S/C25H27N3O6/c1-15-16(24(31)32)10-11-28(15)23(30)13-26-22(29)12-27-25(33)34-14-21-19-8-4-2-6-17(19)18-7-3-5-9-20(18)21/h2-9,15-16,21H,10-14H2,1H3,(H,26,29)(H,27,33)(H,31,32). The monoisotopic (exact) mass is 465 g/mol. The van der Waals surface area contributed by atoms with Gasteiger partial charge in [0.15, 0.2) is 0 Å². The molecule has 1 fully saturated rings. The maximum absolute atomic E-state index is 12.3. The number of carbonyl (C=O) groups excluding carboxylic acids is 3. The summed E-state index contributed by atoms with van der Waals surface area (Å²) in [6.07, 6.45) is -0.333. The number of hydrogen-bond acceptors (Lipinski definition) is 5. The number of carboxylic acids is 1. The van der Waals surface area contributed by atoms with Gasteiger partial charge in [-0.05, 0) is 35.6 Å². The van der Waals surface area contributed by atoms with Crippen molar-refractivity contribution in [3.63, 3.8) is 0 Å². The van der Waals surface area contributed by atoms with Gasteiger partial charge in [0.1, 0.15) is 13.2 Å². The van der Waals surface area contributed by atoms with Crippen LogP contribution in [-0.2, 0) is 19.1 Å². The molecule has 1 aliphatic heterocycles. The highest BCUT2D eigenvalue weighted by Crippen LogP contribution is 2.44. The van der Waals surface area contributed by atoms with Gasteiger partial charge in [-0.2, -0.15) is 0 Å². The molecule has 9 nitrogen and oxygen atoms in total. The number of carboxylic acid groups (broad SMARTS) is 1. The summed E-state index contributed by atoms with van der Waals surface area (Å²) in [5.41, 5.74) is 4.43. The Balaban J connectivity index is 1.22. The first-order valence-corrected chi connectivity index (χ1v) is 11.2. The summed E-state index contributed by atoms with van der Waals surface area (Å²) in [6, 6.07) is 15.6. The molecule has 2 aliphatic rings. The van der Waals surface area contributed by atoms with Crippen molar-refractivity contribution in [2.45, 2.75) is 25.3 Å². The largest absolute Gasteiger partial charge is 0.481 e. The van der Waals surface area contributed by atoms with Gasteiger partial charge in [-0.15, -0.1) is 0 Å². The average molecular weight is 466 g/mol. The molecule has 2 aromatic rings. The highest BCUT2D eigenvalue weighted by Gasteiger charge is 2.38. The number of rotatable bonds is 7. The number of fused-ring (bicyclic) bond motifs is 3. The molecule has 3 N–H and O–H groups in total. The van der Waals surface area contributed by atoms with E-state index in [2.05, 4.69) is 10.6 Å². The number of nitrogens with zero attached hydrogens (tertiary/aromatic N) is 1. The van der Waals surface area contributed by atoms with E-state index >= 15 is 0 Å². The third kappa shape index (κ3) is 4.73. The molecule has 0 aromatic heterocycles. The van der Waals surface area contributed by atoms with E-state index in [4.69, 9.17) is 4.74 Å². The highest BCUT2D eigenvalue weighted by atomic mass is 16.5. The molecule has 1 aliphatic carbocycles. The molecule has 2 aromatic carbocycles. The second-order valence-electron chi connectivity index (χ2n) is 8.52. The number of amides is 3. The molecule has 3 amide bonds. The summed E-state index contributed by atoms with van der Waals surface area (Å²) in [6.45, 7) is 1.56. The van der Waals surface area contributed by atoms with Gasteiger partial charge in [-0.25, -0.2) is 4.79 Å². The number of benzene rings is 2. The Morgan fingerprint density at radius 1 is 0.971 bits per heavy atom. The molecule has 2 unspecified atom stereocenters. The lowest BCUT2D eigenvalue weighted by molar-refractivity contribution is -0.143. The maximum atomic E-state index is 12.3. The van der Waals surface area contributed by atoms with Crippen molar-refractivity contribution in [2.24, 2.45) is 5.92 Å². The predicted octanol–water partition coefficient (Wildman–Crippen LogP) is 1.96. The van der Waals surface area contributed by atoms with E-state index in [1.807, 2.05) is 48.5 Å². The van der Waals surface area contributed by atoms with E-state index in [0.717, 1.165) is 22.3 Å². The quantitative estimate of drug-likeness (QED) is 0.574. The van der Waals surface area contributed by atoms with Crippen LogP contribution in [0.5, 0.6) is 0 Å². The zero-order valence-electron chi connectivity index (χ0n) is 18.8. The van der Waals surface area contributed by atoms with E-state index in [1.165, 1.54) is 4.90 Å². The van der Waals surface area contributed by atoms with Gasteiger partial charge in [0.2, 0.25) is 11.8 Å². The summed E-state index contributed by atoms with van der Waals surface area (Å²) >= 11 is 0. The van der Waals surface area contributed by atoms with E-state index in [9.17, 15) is 24.3 Å². The van der Waals surface area contributed by atoms with Crippen molar-refractivity contribution in [3.8, 4) is 11.1 Å². The minimum atomic E-state index is -0.931. The molecule has 34 heavy (non-hydrogen) atoms. The SMILES string of the molecule is CC1C(C(=O)O)CCN1C(=O)CNC(=O)CNC(=O)OCC1c2ccccc2-c2ccccc21. The molecule has 0 bridgehead atoms. The number of ether oxygens (including phenoxy) is 1. The minimum Gasteiger partial charge on any atom is -0.481 e. The van der Waals surface area contributed by atoms with Crippen LogP contribution < -0.4 is 10.6 Å². The molecule has 1 saturated heterocycles. The maximum Gasteiger partial charge on any atom is 0.407 e. The van der Waals surface area contributed by atoms with Crippen LogP contribution in [-0.4, -0.2) is 66.2 Å². The molecule has 178 valence electrons. The number of carbonyl (C=O) groups is 4. The third-order valence-corrected chi connectivity index (χ3v) is 6.57. The van der Waals surface area contributed by atoms with Crippen LogP contribution in [0, 0.1) is 5.92 Å². The molecule has 0 saturated carbocycles. The predicted molar refractivity (Wildman–Crippen MR) is 123 cm³/mol. The molecular formula is C25H27N3O6. The third-order valence-electron chi connectivity index (χ3n) is 6.57. The number of alkyl carbamates (subject to hydrolysis) is 1. The fourth-order valence-corrected chi connectivity index (χ4v) is 4.76. The first-order chi connectivity index (χ1) is 16.4. The lowest BCUT2D eigenvalue weighted by Gasteiger charge is -2.23. The summed E-state index contributed by atoms with van der Waals surface area (Å²) < 4.78 is 5.38. The second kappa shape index (κ2) is 9.94. The van der Waals surface area contributed by atoms with Gasteiger partial charge in [0, 0.05) is 18.5 Å². The Labute approximate surface area is 197 Å². The minimum absolute atomic E-state index is 0.0818. The number of aliphatic carboxylic acids is 1. The van der Waals surface area contributed by atoms with Gasteiger partial charge < -0.3 is 25.4 Å². The topological polar surface area (TPSA) is 125 Å². The molecule has 2 atom stereocenters. The van der Waals surface area contributed by atoms with Crippen molar-refractivity contribution in [1.29, 1.82) is 0 Å². The van der Waals surface area contributed by atoms with Crippen LogP contribution in [0.3, 0.4) is 0 Å². The zero-order chi connectivity index (χ0) is 24.2. The fraction of sp³-hybridized carbons (Fsp3) is 0.360.